The van der Waals surface area contributed by atoms with Crippen LogP contribution in [0.25, 0.3) is 0 Å². The van der Waals surface area contributed by atoms with E-state index >= 15 is 0 Å². The molecule has 2 atom stereocenters. The molecule has 1 aromatic carbocycles. The van der Waals surface area contributed by atoms with E-state index < -0.39 is 11.7 Å². The predicted molar refractivity (Wildman–Crippen MR) is 64.2 cm³/mol. The van der Waals surface area contributed by atoms with Crippen LogP contribution in [-0.2, 0) is 6.18 Å². The third-order valence-electron chi connectivity index (χ3n) is 2.92. The van der Waals surface area contributed by atoms with Gasteiger partial charge in [0.15, 0.2) is 0 Å². The van der Waals surface area contributed by atoms with Gasteiger partial charge < -0.3 is 10.4 Å². The van der Waals surface area contributed by atoms with E-state index in [1.165, 1.54) is 12.1 Å². The molecule has 0 amide bonds. The molecule has 0 aromatic heterocycles. The molecule has 5 heteroatoms. The van der Waals surface area contributed by atoms with Gasteiger partial charge in [-0.05, 0) is 31.0 Å². The van der Waals surface area contributed by atoms with Crippen molar-refractivity contribution in [1.82, 2.24) is 5.32 Å². The van der Waals surface area contributed by atoms with Crippen LogP contribution in [-0.4, -0.2) is 17.8 Å². The first-order valence-corrected chi connectivity index (χ1v) is 5.92. The number of alkyl halides is 3. The van der Waals surface area contributed by atoms with Crippen LogP contribution >= 0.6 is 0 Å². The normalized spacial score (nSPS) is 15.4. The van der Waals surface area contributed by atoms with Gasteiger partial charge in [-0.15, -0.1) is 0 Å². The fourth-order valence-electron chi connectivity index (χ4n) is 1.62. The summed E-state index contributed by atoms with van der Waals surface area (Å²) in [4.78, 5) is 0. The van der Waals surface area contributed by atoms with E-state index in [-0.39, 0.29) is 18.7 Å². The van der Waals surface area contributed by atoms with Crippen molar-refractivity contribution >= 4 is 0 Å². The van der Waals surface area contributed by atoms with Crippen LogP contribution in [0.2, 0.25) is 0 Å². The first kappa shape index (κ1) is 15.0. The second kappa shape index (κ2) is 6.20. The third-order valence-corrected chi connectivity index (χ3v) is 2.92. The number of aliphatic hydroxyl groups is 1. The lowest BCUT2D eigenvalue weighted by molar-refractivity contribution is -0.137. The standard InChI is InChI=1S/C13H18F3NO/c1-3-9(2)17-12(8-18)10-4-6-11(7-5-10)13(14,15)16/h4-7,9,12,17-18H,3,8H2,1-2H3. The fourth-order valence-corrected chi connectivity index (χ4v) is 1.62. The Labute approximate surface area is 105 Å². The highest BCUT2D eigenvalue weighted by Crippen LogP contribution is 2.29. The van der Waals surface area contributed by atoms with E-state index in [9.17, 15) is 18.3 Å². The van der Waals surface area contributed by atoms with Crippen molar-refractivity contribution in [3.05, 3.63) is 35.4 Å². The molecule has 102 valence electrons. The lowest BCUT2D eigenvalue weighted by atomic mass is 10.0. The molecule has 0 fully saturated rings. The molecule has 2 unspecified atom stereocenters. The fraction of sp³-hybridized carbons (Fsp3) is 0.538. The van der Waals surface area contributed by atoms with Gasteiger partial charge in [-0.1, -0.05) is 19.1 Å². The zero-order valence-corrected chi connectivity index (χ0v) is 10.5. The van der Waals surface area contributed by atoms with Crippen molar-refractivity contribution < 1.29 is 18.3 Å². The van der Waals surface area contributed by atoms with Crippen molar-refractivity contribution in [2.24, 2.45) is 0 Å². The van der Waals surface area contributed by atoms with Crippen LogP contribution in [0.15, 0.2) is 24.3 Å². The second-order valence-electron chi connectivity index (χ2n) is 4.33. The topological polar surface area (TPSA) is 32.3 Å². The van der Waals surface area contributed by atoms with Gasteiger partial charge in [0.1, 0.15) is 0 Å². The zero-order chi connectivity index (χ0) is 13.8. The number of benzene rings is 1. The van der Waals surface area contributed by atoms with E-state index in [0.717, 1.165) is 18.6 Å². The summed E-state index contributed by atoms with van der Waals surface area (Å²) in [5.74, 6) is 0. The van der Waals surface area contributed by atoms with Crippen LogP contribution in [0.5, 0.6) is 0 Å². The van der Waals surface area contributed by atoms with Crippen molar-refractivity contribution in [2.45, 2.75) is 38.5 Å². The molecular formula is C13H18F3NO. The second-order valence-corrected chi connectivity index (χ2v) is 4.33. The van der Waals surface area contributed by atoms with Crippen molar-refractivity contribution in [1.29, 1.82) is 0 Å². The molecule has 0 saturated heterocycles. The quantitative estimate of drug-likeness (QED) is 0.853. The summed E-state index contributed by atoms with van der Waals surface area (Å²) in [6.07, 6.45) is -3.44. The third kappa shape index (κ3) is 3.99. The summed E-state index contributed by atoms with van der Waals surface area (Å²) in [6, 6.07) is 4.75. The van der Waals surface area contributed by atoms with Crippen LogP contribution < -0.4 is 5.32 Å². The molecular weight excluding hydrogens is 243 g/mol. The lowest BCUT2D eigenvalue weighted by Gasteiger charge is -2.21. The summed E-state index contributed by atoms with van der Waals surface area (Å²) in [5.41, 5.74) is -0.0164. The summed E-state index contributed by atoms with van der Waals surface area (Å²) >= 11 is 0. The highest BCUT2D eigenvalue weighted by molar-refractivity contribution is 5.27. The molecule has 1 aromatic rings. The van der Waals surface area contributed by atoms with Gasteiger partial charge in [0.2, 0.25) is 0 Å². The van der Waals surface area contributed by atoms with E-state index in [0.29, 0.717) is 5.56 Å². The Bertz CT molecular complexity index is 361. The molecule has 1 rings (SSSR count). The summed E-state index contributed by atoms with van der Waals surface area (Å²) in [5, 5.41) is 12.4. The molecule has 0 radical (unpaired) electrons. The molecule has 0 aliphatic carbocycles. The van der Waals surface area contributed by atoms with E-state index in [2.05, 4.69) is 5.32 Å². The number of aliphatic hydroxyl groups excluding tert-OH is 1. The van der Waals surface area contributed by atoms with Gasteiger partial charge in [-0.25, -0.2) is 0 Å². The van der Waals surface area contributed by atoms with E-state index in [1.54, 1.807) is 0 Å². The van der Waals surface area contributed by atoms with Crippen LogP contribution in [0.1, 0.15) is 37.4 Å². The van der Waals surface area contributed by atoms with Gasteiger partial charge in [0.25, 0.3) is 0 Å². The average Bonchev–Trinajstić information content (AvgIpc) is 2.34. The molecule has 18 heavy (non-hydrogen) atoms. The summed E-state index contributed by atoms with van der Waals surface area (Å²) < 4.78 is 37.2. The average molecular weight is 261 g/mol. The number of rotatable bonds is 5. The summed E-state index contributed by atoms with van der Waals surface area (Å²) in [7, 11) is 0. The molecule has 0 saturated carbocycles. The Morgan fingerprint density at radius 3 is 2.17 bits per heavy atom. The SMILES string of the molecule is CCC(C)NC(CO)c1ccc(C(F)(F)F)cc1. The molecule has 0 aliphatic heterocycles. The van der Waals surface area contributed by atoms with Crippen molar-refractivity contribution in [3.8, 4) is 0 Å². The Morgan fingerprint density at radius 2 is 1.78 bits per heavy atom. The lowest BCUT2D eigenvalue weighted by Crippen LogP contribution is -2.32. The van der Waals surface area contributed by atoms with Gasteiger partial charge in [0.05, 0.1) is 18.2 Å². The molecule has 0 heterocycles. The minimum atomic E-state index is -4.32. The van der Waals surface area contributed by atoms with Crippen molar-refractivity contribution in [3.63, 3.8) is 0 Å². The first-order chi connectivity index (χ1) is 8.38. The van der Waals surface area contributed by atoms with Crippen molar-refractivity contribution in [2.75, 3.05) is 6.61 Å². The maximum atomic E-state index is 12.4. The number of nitrogens with one attached hydrogen (secondary N) is 1. The monoisotopic (exact) mass is 261 g/mol. The van der Waals surface area contributed by atoms with Crippen LogP contribution in [0.4, 0.5) is 13.2 Å². The van der Waals surface area contributed by atoms with Gasteiger partial charge in [-0.3, -0.25) is 0 Å². The smallest absolute Gasteiger partial charge is 0.394 e. The van der Waals surface area contributed by atoms with Crippen LogP contribution in [0, 0.1) is 0 Å². The number of hydrogen-bond donors (Lipinski definition) is 2. The number of halogens is 3. The molecule has 0 spiro atoms. The maximum absolute atomic E-state index is 12.4. The van der Waals surface area contributed by atoms with Crippen LogP contribution in [0.3, 0.4) is 0 Å². The van der Waals surface area contributed by atoms with E-state index in [4.69, 9.17) is 0 Å². The molecule has 0 bridgehead atoms. The minimum absolute atomic E-state index is 0.143. The van der Waals surface area contributed by atoms with Gasteiger partial charge >= 0.3 is 6.18 Å². The molecule has 2 nitrogen and oxygen atoms in total. The first-order valence-electron chi connectivity index (χ1n) is 5.92. The largest absolute Gasteiger partial charge is 0.416 e. The Balaban J connectivity index is 2.82. The highest BCUT2D eigenvalue weighted by atomic mass is 19.4. The predicted octanol–water partition coefficient (Wildman–Crippen LogP) is 3.13. The Hall–Kier alpha value is -1.07. The number of hydrogen-bond acceptors (Lipinski definition) is 2. The maximum Gasteiger partial charge on any atom is 0.416 e. The zero-order valence-electron chi connectivity index (χ0n) is 10.5. The minimum Gasteiger partial charge on any atom is -0.394 e. The highest BCUT2D eigenvalue weighted by Gasteiger charge is 2.30. The Kier molecular flexibility index (Phi) is 5.16. The Morgan fingerprint density at radius 1 is 1.22 bits per heavy atom. The van der Waals surface area contributed by atoms with Gasteiger partial charge in [-0.2, -0.15) is 13.2 Å². The molecule has 2 N–H and O–H groups in total. The van der Waals surface area contributed by atoms with E-state index in [1.807, 2.05) is 13.8 Å². The summed E-state index contributed by atoms with van der Waals surface area (Å²) in [6.45, 7) is 3.82. The van der Waals surface area contributed by atoms with Gasteiger partial charge in [0, 0.05) is 6.04 Å². The molecule has 0 aliphatic rings.